The molecule has 0 unspecified atom stereocenters. The summed E-state index contributed by atoms with van der Waals surface area (Å²) in [5, 5.41) is 9.75. The van der Waals surface area contributed by atoms with Gasteiger partial charge in [0.05, 0.1) is 7.11 Å². The number of alkyl halides is 2. The van der Waals surface area contributed by atoms with E-state index in [0.717, 1.165) is 7.11 Å². The number of esters is 1. The van der Waals surface area contributed by atoms with Crippen LogP contribution in [0.15, 0.2) is 24.3 Å². The lowest BCUT2D eigenvalue weighted by molar-refractivity contribution is -0.145. The molecule has 0 saturated carbocycles. The molecule has 0 fully saturated rings. The van der Waals surface area contributed by atoms with Crippen molar-refractivity contribution in [1.82, 2.24) is 0 Å². The van der Waals surface area contributed by atoms with Crippen molar-refractivity contribution >= 4 is 5.97 Å². The third kappa shape index (κ3) is 3.64. The van der Waals surface area contributed by atoms with Crippen LogP contribution in [0.5, 0.6) is 5.75 Å². The summed E-state index contributed by atoms with van der Waals surface area (Å²) in [5.41, 5.74) is 5.75. The highest BCUT2D eigenvalue weighted by Crippen LogP contribution is 2.21. The van der Waals surface area contributed by atoms with Crippen molar-refractivity contribution in [3.8, 4) is 5.75 Å². The zero-order chi connectivity index (χ0) is 13.7. The van der Waals surface area contributed by atoms with Crippen LogP contribution in [-0.4, -0.2) is 30.8 Å². The summed E-state index contributed by atoms with van der Waals surface area (Å²) in [7, 11) is 1.15. The number of carbonyl (C=O) groups is 1. The molecule has 7 heteroatoms. The molecule has 2 atom stereocenters. The number of aliphatic hydroxyl groups is 1. The lowest BCUT2D eigenvalue weighted by atomic mass is 10.0. The van der Waals surface area contributed by atoms with Gasteiger partial charge in [0, 0.05) is 0 Å². The molecule has 0 aliphatic rings. The summed E-state index contributed by atoms with van der Waals surface area (Å²) >= 11 is 0. The van der Waals surface area contributed by atoms with Crippen LogP contribution >= 0.6 is 0 Å². The molecule has 18 heavy (non-hydrogen) atoms. The van der Waals surface area contributed by atoms with Gasteiger partial charge in [-0.15, -0.1) is 0 Å². The third-order valence-electron chi connectivity index (χ3n) is 2.26. The van der Waals surface area contributed by atoms with E-state index in [1.54, 1.807) is 0 Å². The summed E-state index contributed by atoms with van der Waals surface area (Å²) in [6.45, 7) is -2.92. The van der Waals surface area contributed by atoms with Gasteiger partial charge in [0.2, 0.25) is 0 Å². The Morgan fingerprint density at radius 2 is 1.89 bits per heavy atom. The first-order valence-corrected chi connectivity index (χ1v) is 5.02. The van der Waals surface area contributed by atoms with E-state index in [0.29, 0.717) is 5.56 Å². The van der Waals surface area contributed by atoms with Gasteiger partial charge >= 0.3 is 12.6 Å². The molecule has 1 aromatic carbocycles. The number of carbonyl (C=O) groups excluding carboxylic acids is 1. The Balaban J connectivity index is 2.75. The molecular weight excluding hydrogens is 248 g/mol. The molecule has 100 valence electrons. The van der Waals surface area contributed by atoms with Crippen LogP contribution in [0.2, 0.25) is 0 Å². The van der Waals surface area contributed by atoms with Gasteiger partial charge in [-0.2, -0.15) is 8.78 Å². The van der Waals surface area contributed by atoms with Crippen LogP contribution < -0.4 is 10.5 Å². The number of benzene rings is 1. The quantitative estimate of drug-likeness (QED) is 0.767. The Morgan fingerprint density at radius 1 is 1.33 bits per heavy atom. The summed E-state index contributed by atoms with van der Waals surface area (Å²) in [6.07, 6.45) is -1.28. The maximum atomic E-state index is 11.9. The summed E-state index contributed by atoms with van der Waals surface area (Å²) in [5.74, 6) is -0.817. The Labute approximate surface area is 102 Å². The Morgan fingerprint density at radius 3 is 2.33 bits per heavy atom. The molecule has 0 aliphatic carbocycles. The van der Waals surface area contributed by atoms with Crippen molar-refractivity contribution in [3.63, 3.8) is 0 Å². The van der Waals surface area contributed by atoms with E-state index >= 15 is 0 Å². The minimum atomic E-state index is -2.92. The molecular formula is C11H13F2NO4. The molecule has 0 spiro atoms. The van der Waals surface area contributed by atoms with E-state index in [2.05, 4.69) is 9.47 Å². The standard InChI is InChI=1S/C11H13F2NO4/c1-17-10(16)8(14)9(15)6-2-4-7(5-3-6)18-11(12)13/h2-5,8-9,11,15H,14H2,1H3/t8-,9+/m0/s1. The number of nitrogens with two attached hydrogens (primary N) is 1. The normalized spacial score (nSPS) is 14.1. The third-order valence-corrected chi connectivity index (χ3v) is 2.26. The Bertz CT molecular complexity index is 397. The van der Waals surface area contributed by atoms with Crippen LogP contribution in [0.4, 0.5) is 8.78 Å². The van der Waals surface area contributed by atoms with E-state index < -0.39 is 24.7 Å². The smallest absolute Gasteiger partial charge is 0.387 e. The number of halogens is 2. The van der Waals surface area contributed by atoms with Crippen molar-refractivity contribution in [2.45, 2.75) is 18.8 Å². The van der Waals surface area contributed by atoms with Gasteiger partial charge < -0.3 is 20.3 Å². The molecule has 0 aromatic heterocycles. The van der Waals surface area contributed by atoms with Gasteiger partial charge in [0.1, 0.15) is 17.9 Å². The zero-order valence-electron chi connectivity index (χ0n) is 9.55. The van der Waals surface area contributed by atoms with Crippen molar-refractivity contribution in [2.24, 2.45) is 5.73 Å². The van der Waals surface area contributed by atoms with Crippen molar-refractivity contribution in [1.29, 1.82) is 0 Å². The fraction of sp³-hybridized carbons (Fsp3) is 0.364. The molecule has 5 nitrogen and oxygen atoms in total. The molecule has 1 aromatic rings. The highest BCUT2D eigenvalue weighted by molar-refractivity contribution is 5.76. The highest BCUT2D eigenvalue weighted by Gasteiger charge is 2.24. The van der Waals surface area contributed by atoms with Gasteiger partial charge in [-0.25, -0.2) is 0 Å². The van der Waals surface area contributed by atoms with E-state index in [4.69, 9.17) is 5.73 Å². The molecule has 0 radical (unpaired) electrons. The molecule has 0 amide bonds. The lowest BCUT2D eigenvalue weighted by Crippen LogP contribution is -2.37. The SMILES string of the molecule is COC(=O)[C@@H](N)[C@H](O)c1ccc(OC(F)F)cc1. The van der Waals surface area contributed by atoms with E-state index in [1.165, 1.54) is 24.3 Å². The second kappa shape index (κ2) is 6.27. The van der Waals surface area contributed by atoms with Crippen molar-refractivity contribution in [3.05, 3.63) is 29.8 Å². The van der Waals surface area contributed by atoms with Gasteiger partial charge in [-0.3, -0.25) is 4.79 Å². The number of hydrogen-bond donors (Lipinski definition) is 2. The average molecular weight is 261 g/mol. The van der Waals surface area contributed by atoms with Crippen molar-refractivity contribution in [2.75, 3.05) is 7.11 Å². The maximum absolute atomic E-state index is 11.9. The van der Waals surface area contributed by atoms with Gasteiger partial charge in [-0.1, -0.05) is 12.1 Å². The first-order chi connectivity index (χ1) is 8.45. The first-order valence-electron chi connectivity index (χ1n) is 5.02. The Hall–Kier alpha value is -1.73. The van der Waals surface area contributed by atoms with Crippen LogP contribution in [0.25, 0.3) is 0 Å². The monoisotopic (exact) mass is 261 g/mol. The minimum Gasteiger partial charge on any atom is -0.468 e. The summed E-state index contributed by atoms with van der Waals surface area (Å²) in [6, 6.07) is 3.93. The molecule has 0 saturated heterocycles. The fourth-order valence-corrected chi connectivity index (χ4v) is 1.32. The zero-order valence-corrected chi connectivity index (χ0v) is 9.55. The van der Waals surface area contributed by atoms with E-state index in [1.807, 2.05) is 0 Å². The largest absolute Gasteiger partial charge is 0.468 e. The van der Waals surface area contributed by atoms with Crippen LogP contribution in [-0.2, 0) is 9.53 Å². The molecule has 1 rings (SSSR count). The molecule has 3 N–H and O–H groups in total. The van der Waals surface area contributed by atoms with Crippen LogP contribution in [0, 0.1) is 0 Å². The number of hydrogen-bond acceptors (Lipinski definition) is 5. The van der Waals surface area contributed by atoms with Crippen LogP contribution in [0.3, 0.4) is 0 Å². The van der Waals surface area contributed by atoms with Gasteiger partial charge in [0.25, 0.3) is 0 Å². The van der Waals surface area contributed by atoms with Gasteiger partial charge in [0.15, 0.2) is 0 Å². The molecule has 0 bridgehead atoms. The van der Waals surface area contributed by atoms with E-state index in [-0.39, 0.29) is 5.75 Å². The predicted octanol–water partition coefficient (Wildman–Crippen LogP) is 0.822. The topological polar surface area (TPSA) is 81.8 Å². The maximum Gasteiger partial charge on any atom is 0.387 e. The minimum absolute atomic E-state index is 0.0485. The Kier molecular flexibility index (Phi) is 4.99. The number of ether oxygens (including phenoxy) is 2. The number of aliphatic hydroxyl groups excluding tert-OH is 1. The molecule has 0 heterocycles. The van der Waals surface area contributed by atoms with Crippen molar-refractivity contribution < 1.29 is 28.2 Å². The summed E-state index contributed by atoms with van der Waals surface area (Å²) in [4.78, 5) is 11.1. The van der Waals surface area contributed by atoms with E-state index in [9.17, 15) is 18.7 Å². The predicted molar refractivity (Wildman–Crippen MR) is 58.0 cm³/mol. The fourth-order valence-electron chi connectivity index (χ4n) is 1.32. The lowest BCUT2D eigenvalue weighted by Gasteiger charge is -2.17. The second-order valence-electron chi connectivity index (χ2n) is 3.44. The average Bonchev–Trinajstić information content (AvgIpc) is 2.36. The van der Waals surface area contributed by atoms with Crippen LogP contribution in [0.1, 0.15) is 11.7 Å². The second-order valence-corrected chi connectivity index (χ2v) is 3.44. The molecule has 0 aliphatic heterocycles. The first kappa shape index (κ1) is 14.3. The number of rotatable bonds is 5. The summed E-state index contributed by atoms with van der Waals surface area (Å²) < 4.78 is 32.3. The number of methoxy groups -OCH3 is 1. The van der Waals surface area contributed by atoms with Gasteiger partial charge in [-0.05, 0) is 17.7 Å². The highest BCUT2D eigenvalue weighted by atomic mass is 19.3.